The first kappa shape index (κ1) is 13.2. The lowest BCUT2D eigenvalue weighted by Crippen LogP contribution is -2.26. The van der Waals surface area contributed by atoms with Crippen LogP contribution in [0.1, 0.15) is 30.0 Å². The van der Waals surface area contributed by atoms with E-state index in [0.29, 0.717) is 0 Å². The van der Waals surface area contributed by atoms with Gasteiger partial charge in [0.1, 0.15) is 6.04 Å². The molecule has 0 aliphatic rings. The standard InChI is InChI=1S/C12H16BrN5/c1-4-14-10(11-9(13)7-17-18(11)3)12-15-5-8(2)6-16-12/h5-7,10,14H,4H2,1-3H3. The minimum atomic E-state index is -0.0579. The molecule has 18 heavy (non-hydrogen) atoms. The van der Waals surface area contributed by atoms with Gasteiger partial charge in [-0.05, 0) is 35.0 Å². The number of hydrogen-bond acceptors (Lipinski definition) is 4. The summed E-state index contributed by atoms with van der Waals surface area (Å²) in [7, 11) is 1.92. The van der Waals surface area contributed by atoms with Crippen molar-refractivity contribution in [2.75, 3.05) is 6.54 Å². The lowest BCUT2D eigenvalue weighted by molar-refractivity contribution is 0.546. The second kappa shape index (κ2) is 5.58. The lowest BCUT2D eigenvalue weighted by Gasteiger charge is -2.17. The zero-order valence-electron chi connectivity index (χ0n) is 10.7. The van der Waals surface area contributed by atoms with Gasteiger partial charge in [0.15, 0.2) is 5.82 Å². The smallest absolute Gasteiger partial charge is 0.151 e. The van der Waals surface area contributed by atoms with Crippen LogP contribution >= 0.6 is 15.9 Å². The Labute approximate surface area is 115 Å². The average molecular weight is 310 g/mol. The number of nitrogens with zero attached hydrogens (tertiary/aromatic N) is 4. The Hall–Kier alpha value is -1.27. The van der Waals surface area contributed by atoms with Crippen LogP contribution in [-0.2, 0) is 7.05 Å². The minimum Gasteiger partial charge on any atom is -0.303 e. The number of hydrogen-bond donors (Lipinski definition) is 1. The van der Waals surface area contributed by atoms with Gasteiger partial charge in [-0.3, -0.25) is 4.68 Å². The van der Waals surface area contributed by atoms with E-state index >= 15 is 0 Å². The summed E-state index contributed by atoms with van der Waals surface area (Å²) in [6.45, 7) is 4.87. The molecule has 0 saturated heterocycles. The number of halogens is 1. The van der Waals surface area contributed by atoms with Gasteiger partial charge in [-0.15, -0.1) is 0 Å². The van der Waals surface area contributed by atoms with Gasteiger partial charge in [-0.2, -0.15) is 5.10 Å². The molecule has 0 saturated carbocycles. The summed E-state index contributed by atoms with van der Waals surface area (Å²) >= 11 is 3.52. The lowest BCUT2D eigenvalue weighted by atomic mass is 10.2. The van der Waals surface area contributed by atoms with E-state index in [-0.39, 0.29) is 6.04 Å². The minimum absolute atomic E-state index is 0.0579. The van der Waals surface area contributed by atoms with Crippen molar-refractivity contribution >= 4 is 15.9 Å². The second-order valence-electron chi connectivity index (χ2n) is 4.11. The van der Waals surface area contributed by atoms with Gasteiger partial charge in [0.25, 0.3) is 0 Å². The van der Waals surface area contributed by atoms with Gasteiger partial charge in [-0.25, -0.2) is 9.97 Å². The fourth-order valence-electron chi connectivity index (χ4n) is 1.81. The number of aromatic nitrogens is 4. The SMILES string of the molecule is CCNC(c1ncc(C)cn1)c1c(Br)cnn1C. The predicted molar refractivity (Wildman–Crippen MR) is 73.2 cm³/mol. The van der Waals surface area contributed by atoms with E-state index in [0.717, 1.165) is 28.1 Å². The summed E-state index contributed by atoms with van der Waals surface area (Å²) in [4.78, 5) is 8.80. The maximum Gasteiger partial charge on any atom is 0.151 e. The van der Waals surface area contributed by atoms with Crippen LogP contribution in [-0.4, -0.2) is 26.3 Å². The van der Waals surface area contributed by atoms with Gasteiger partial charge in [0, 0.05) is 19.4 Å². The Morgan fingerprint density at radius 2 is 2.00 bits per heavy atom. The molecule has 6 heteroatoms. The highest BCUT2D eigenvalue weighted by molar-refractivity contribution is 9.10. The summed E-state index contributed by atoms with van der Waals surface area (Å²) in [6, 6.07) is -0.0579. The summed E-state index contributed by atoms with van der Waals surface area (Å²) in [5.41, 5.74) is 2.08. The van der Waals surface area contributed by atoms with Gasteiger partial charge in [-0.1, -0.05) is 6.92 Å². The molecule has 0 aromatic carbocycles. The molecule has 0 fully saturated rings. The van der Waals surface area contributed by atoms with Crippen molar-refractivity contribution in [3.8, 4) is 0 Å². The normalized spacial score (nSPS) is 12.7. The fourth-order valence-corrected chi connectivity index (χ4v) is 2.39. The molecule has 1 atom stereocenters. The first-order valence-corrected chi connectivity index (χ1v) is 6.62. The second-order valence-corrected chi connectivity index (χ2v) is 4.96. The van der Waals surface area contributed by atoms with Crippen LogP contribution in [0.5, 0.6) is 0 Å². The molecule has 2 rings (SSSR count). The molecule has 2 heterocycles. The Kier molecular flexibility index (Phi) is 4.08. The molecule has 2 aromatic rings. The monoisotopic (exact) mass is 309 g/mol. The van der Waals surface area contributed by atoms with Crippen molar-refractivity contribution in [1.82, 2.24) is 25.1 Å². The Bertz CT molecular complexity index is 500. The Morgan fingerprint density at radius 3 is 2.50 bits per heavy atom. The maximum atomic E-state index is 4.40. The fraction of sp³-hybridized carbons (Fsp3) is 0.417. The van der Waals surface area contributed by atoms with Crippen molar-refractivity contribution in [1.29, 1.82) is 0 Å². The number of aryl methyl sites for hydroxylation is 2. The largest absolute Gasteiger partial charge is 0.303 e. The molecule has 0 bridgehead atoms. The highest BCUT2D eigenvalue weighted by Crippen LogP contribution is 2.25. The van der Waals surface area contributed by atoms with Crippen LogP contribution < -0.4 is 5.32 Å². The summed E-state index contributed by atoms with van der Waals surface area (Å²) in [5, 5.41) is 7.62. The van der Waals surface area contributed by atoms with Crippen molar-refractivity contribution in [3.63, 3.8) is 0 Å². The van der Waals surface area contributed by atoms with Crippen LogP contribution in [0.3, 0.4) is 0 Å². The van der Waals surface area contributed by atoms with Crippen LogP contribution in [0.25, 0.3) is 0 Å². The van der Waals surface area contributed by atoms with E-state index in [2.05, 4.69) is 43.2 Å². The molecule has 0 aliphatic heterocycles. The molecule has 0 radical (unpaired) electrons. The topological polar surface area (TPSA) is 55.6 Å². The Balaban J connectivity index is 2.43. The molecule has 0 aliphatic carbocycles. The van der Waals surface area contributed by atoms with Gasteiger partial charge >= 0.3 is 0 Å². The van der Waals surface area contributed by atoms with E-state index in [1.807, 2.05) is 31.0 Å². The zero-order chi connectivity index (χ0) is 13.1. The third-order valence-electron chi connectivity index (χ3n) is 2.68. The van der Waals surface area contributed by atoms with Crippen LogP contribution in [0.2, 0.25) is 0 Å². The van der Waals surface area contributed by atoms with Crippen LogP contribution in [0.4, 0.5) is 0 Å². The van der Waals surface area contributed by atoms with E-state index in [1.54, 1.807) is 6.20 Å². The molecule has 0 spiro atoms. The quantitative estimate of drug-likeness (QED) is 0.938. The average Bonchev–Trinajstić information content (AvgIpc) is 2.68. The molecular weight excluding hydrogens is 294 g/mol. The molecule has 1 N–H and O–H groups in total. The summed E-state index contributed by atoms with van der Waals surface area (Å²) in [5.74, 6) is 0.756. The molecular formula is C12H16BrN5. The van der Waals surface area contributed by atoms with Crippen molar-refractivity contribution in [2.24, 2.45) is 7.05 Å². The predicted octanol–water partition coefficient (Wildman–Crippen LogP) is 1.98. The molecule has 96 valence electrons. The van der Waals surface area contributed by atoms with Crippen LogP contribution in [0, 0.1) is 6.92 Å². The molecule has 0 amide bonds. The molecule has 2 aromatic heterocycles. The van der Waals surface area contributed by atoms with E-state index in [4.69, 9.17) is 0 Å². The Morgan fingerprint density at radius 1 is 1.33 bits per heavy atom. The zero-order valence-corrected chi connectivity index (χ0v) is 12.3. The third-order valence-corrected chi connectivity index (χ3v) is 3.29. The van der Waals surface area contributed by atoms with Crippen molar-refractivity contribution in [3.05, 3.63) is 40.1 Å². The summed E-state index contributed by atoms with van der Waals surface area (Å²) in [6.07, 6.45) is 5.45. The van der Waals surface area contributed by atoms with Crippen LogP contribution in [0.15, 0.2) is 23.1 Å². The van der Waals surface area contributed by atoms with E-state index < -0.39 is 0 Å². The van der Waals surface area contributed by atoms with Crippen molar-refractivity contribution < 1.29 is 0 Å². The van der Waals surface area contributed by atoms with Gasteiger partial charge < -0.3 is 5.32 Å². The number of nitrogens with one attached hydrogen (secondary N) is 1. The van der Waals surface area contributed by atoms with E-state index in [1.165, 1.54) is 0 Å². The molecule has 5 nitrogen and oxygen atoms in total. The maximum absolute atomic E-state index is 4.40. The highest BCUT2D eigenvalue weighted by Gasteiger charge is 2.22. The first-order valence-electron chi connectivity index (χ1n) is 5.82. The molecule has 1 unspecified atom stereocenters. The first-order chi connectivity index (χ1) is 8.63. The highest BCUT2D eigenvalue weighted by atomic mass is 79.9. The number of rotatable bonds is 4. The third kappa shape index (κ3) is 2.59. The summed E-state index contributed by atoms with van der Waals surface area (Å²) < 4.78 is 2.79. The van der Waals surface area contributed by atoms with Gasteiger partial charge in [0.05, 0.1) is 16.4 Å². The van der Waals surface area contributed by atoms with Crippen molar-refractivity contribution in [2.45, 2.75) is 19.9 Å². The van der Waals surface area contributed by atoms with E-state index in [9.17, 15) is 0 Å². The van der Waals surface area contributed by atoms with Gasteiger partial charge in [0.2, 0.25) is 0 Å².